The Morgan fingerprint density at radius 1 is 1.24 bits per heavy atom. The highest BCUT2D eigenvalue weighted by Gasteiger charge is 2.30. The van der Waals surface area contributed by atoms with Crippen molar-refractivity contribution in [2.45, 2.75) is 44.6 Å². The quantitative estimate of drug-likeness (QED) is 0.823. The lowest BCUT2D eigenvalue weighted by molar-refractivity contribution is -0.137. The molecule has 0 bridgehead atoms. The van der Waals surface area contributed by atoms with Gasteiger partial charge in [0, 0.05) is 38.5 Å². The first kappa shape index (κ1) is 17.6. The largest absolute Gasteiger partial charge is 0.341 e. The molecule has 4 nitrogen and oxygen atoms in total. The van der Waals surface area contributed by atoms with Crippen LogP contribution in [0.3, 0.4) is 0 Å². The zero-order chi connectivity index (χ0) is 17.6. The second-order valence-electron chi connectivity index (χ2n) is 6.84. The van der Waals surface area contributed by atoms with E-state index in [9.17, 15) is 14.0 Å². The molecular formula is C20H25FN2O2. The average molecular weight is 344 g/mol. The van der Waals surface area contributed by atoms with Gasteiger partial charge in [0.15, 0.2) is 0 Å². The summed E-state index contributed by atoms with van der Waals surface area (Å²) in [6, 6.07) is 6.45. The van der Waals surface area contributed by atoms with Crippen molar-refractivity contribution >= 4 is 17.9 Å². The van der Waals surface area contributed by atoms with Crippen molar-refractivity contribution in [2.75, 3.05) is 19.6 Å². The molecule has 0 aromatic heterocycles. The Bertz CT molecular complexity index is 659. The fourth-order valence-corrected chi connectivity index (χ4v) is 3.69. The zero-order valence-electron chi connectivity index (χ0n) is 14.5. The number of rotatable bonds is 5. The summed E-state index contributed by atoms with van der Waals surface area (Å²) in [6.07, 6.45) is 8.53. The van der Waals surface area contributed by atoms with Crippen molar-refractivity contribution in [3.05, 3.63) is 41.7 Å². The second-order valence-corrected chi connectivity index (χ2v) is 6.84. The van der Waals surface area contributed by atoms with E-state index in [1.54, 1.807) is 18.2 Å². The van der Waals surface area contributed by atoms with Crippen molar-refractivity contribution < 1.29 is 14.0 Å². The molecule has 2 aliphatic rings. The van der Waals surface area contributed by atoms with Crippen LogP contribution in [0, 0.1) is 5.82 Å². The van der Waals surface area contributed by atoms with E-state index in [1.807, 2.05) is 15.9 Å². The maximum atomic E-state index is 13.2. The van der Waals surface area contributed by atoms with E-state index in [0.717, 1.165) is 44.3 Å². The van der Waals surface area contributed by atoms with Crippen molar-refractivity contribution in [3.63, 3.8) is 0 Å². The number of hydrogen-bond acceptors (Lipinski definition) is 2. The van der Waals surface area contributed by atoms with E-state index in [-0.39, 0.29) is 23.7 Å². The van der Waals surface area contributed by atoms with Crippen LogP contribution in [0.1, 0.15) is 44.1 Å². The Morgan fingerprint density at radius 2 is 2.12 bits per heavy atom. The molecule has 2 fully saturated rings. The van der Waals surface area contributed by atoms with E-state index in [2.05, 4.69) is 0 Å². The number of piperidine rings is 1. The minimum atomic E-state index is -0.278. The van der Waals surface area contributed by atoms with E-state index in [4.69, 9.17) is 0 Å². The normalized spacial score (nSPS) is 21.3. The molecule has 0 N–H and O–H groups in total. The maximum Gasteiger partial charge on any atom is 0.226 e. The highest BCUT2D eigenvalue weighted by Crippen LogP contribution is 2.21. The molecule has 0 saturated carbocycles. The number of amides is 2. The fraction of sp³-hybridized carbons (Fsp3) is 0.500. The molecule has 0 radical (unpaired) electrons. The van der Waals surface area contributed by atoms with Crippen molar-refractivity contribution in [3.8, 4) is 0 Å². The van der Waals surface area contributed by atoms with Crippen LogP contribution in [-0.2, 0) is 9.59 Å². The minimum absolute atomic E-state index is 0.0870. The number of likely N-dealkylation sites (tertiary alicyclic amines) is 2. The lowest BCUT2D eigenvalue weighted by atomic mass is 10.0. The third-order valence-electron chi connectivity index (χ3n) is 5.00. The van der Waals surface area contributed by atoms with Gasteiger partial charge in [0.2, 0.25) is 11.8 Å². The maximum absolute atomic E-state index is 13.2. The van der Waals surface area contributed by atoms with Gasteiger partial charge in [-0.25, -0.2) is 4.39 Å². The number of nitrogens with zero attached hydrogens (tertiary/aromatic N) is 2. The van der Waals surface area contributed by atoms with Crippen LogP contribution in [0.25, 0.3) is 6.08 Å². The van der Waals surface area contributed by atoms with Crippen LogP contribution in [0.4, 0.5) is 4.39 Å². The summed E-state index contributed by atoms with van der Waals surface area (Å²) in [5.74, 6) is 0.0211. The van der Waals surface area contributed by atoms with E-state index >= 15 is 0 Å². The Balaban J connectivity index is 1.57. The van der Waals surface area contributed by atoms with Crippen LogP contribution < -0.4 is 0 Å². The van der Waals surface area contributed by atoms with Crippen LogP contribution in [0.15, 0.2) is 30.3 Å². The number of carbonyl (C=O) groups is 2. The summed E-state index contributed by atoms with van der Waals surface area (Å²) < 4.78 is 13.2. The topological polar surface area (TPSA) is 40.6 Å². The summed E-state index contributed by atoms with van der Waals surface area (Å²) in [5.41, 5.74) is 0.755. The predicted octanol–water partition coefficient (Wildman–Crippen LogP) is 3.23. The van der Waals surface area contributed by atoms with Gasteiger partial charge >= 0.3 is 0 Å². The molecule has 2 amide bonds. The standard InChI is InChI=1S/C20H25FN2O2/c21-17-8-3-6-16(14-17)7-4-10-20(25)23-13-2-1-9-18(23)15-22-12-5-11-19(22)24/h3-4,6-8,14,18H,1-2,5,9-13,15H2. The first-order chi connectivity index (χ1) is 12.1. The molecule has 5 heteroatoms. The van der Waals surface area contributed by atoms with Crippen molar-refractivity contribution in [1.29, 1.82) is 0 Å². The van der Waals surface area contributed by atoms with Gasteiger partial charge < -0.3 is 9.80 Å². The lowest BCUT2D eigenvalue weighted by Gasteiger charge is -2.37. The Kier molecular flexibility index (Phi) is 5.84. The molecule has 25 heavy (non-hydrogen) atoms. The zero-order valence-corrected chi connectivity index (χ0v) is 14.5. The number of benzene rings is 1. The van der Waals surface area contributed by atoms with Crippen LogP contribution in [0.2, 0.25) is 0 Å². The first-order valence-corrected chi connectivity index (χ1v) is 9.13. The summed E-state index contributed by atoms with van der Waals surface area (Å²) in [7, 11) is 0. The van der Waals surface area contributed by atoms with E-state index in [1.165, 1.54) is 12.1 Å². The van der Waals surface area contributed by atoms with E-state index in [0.29, 0.717) is 19.4 Å². The molecular weight excluding hydrogens is 319 g/mol. The molecule has 2 aliphatic heterocycles. The third-order valence-corrected chi connectivity index (χ3v) is 5.00. The highest BCUT2D eigenvalue weighted by atomic mass is 19.1. The minimum Gasteiger partial charge on any atom is -0.341 e. The molecule has 1 atom stereocenters. The van der Waals surface area contributed by atoms with Crippen LogP contribution in [0.5, 0.6) is 0 Å². The number of halogens is 1. The molecule has 1 aromatic carbocycles. The molecule has 2 saturated heterocycles. The number of carbonyl (C=O) groups excluding carboxylic acids is 2. The van der Waals surface area contributed by atoms with Gasteiger partial charge in [0.05, 0.1) is 0 Å². The summed E-state index contributed by atoms with van der Waals surface area (Å²) in [4.78, 5) is 28.3. The molecule has 0 aliphatic carbocycles. The smallest absolute Gasteiger partial charge is 0.226 e. The van der Waals surface area contributed by atoms with E-state index < -0.39 is 0 Å². The molecule has 3 rings (SSSR count). The Labute approximate surface area is 148 Å². The monoisotopic (exact) mass is 344 g/mol. The van der Waals surface area contributed by atoms with Gasteiger partial charge in [-0.3, -0.25) is 9.59 Å². The molecule has 1 unspecified atom stereocenters. The summed E-state index contributed by atoms with van der Waals surface area (Å²) in [5, 5.41) is 0. The summed E-state index contributed by atoms with van der Waals surface area (Å²) >= 11 is 0. The molecule has 134 valence electrons. The Hall–Kier alpha value is -2.17. The van der Waals surface area contributed by atoms with Gasteiger partial charge in [-0.15, -0.1) is 0 Å². The SMILES string of the molecule is O=C1CCCN1CC1CCCCN1C(=O)CC=Cc1cccc(F)c1. The lowest BCUT2D eigenvalue weighted by Crippen LogP contribution is -2.49. The molecule has 1 aromatic rings. The van der Waals surface area contributed by atoms with Gasteiger partial charge in [-0.1, -0.05) is 24.3 Å². The number of hydrogen-bond donors (Lipinski definition) is 0. The van der Waals surface area contributed by atoms with Gasteiger partial charge in [-0.2, -0.15) is 0 Å². The third kappa shape index (κ3) is 4.68. The Morgan fingerprint density at radius 3 is 2.88 bits per heavy atom. The summed E-state index contributed by atoms with van der Waals surface area (Å²) in [6.45, 7) is 2.24. The second kappa shape index (κ2) is 8.28. The van der Waals surface area contributed by atoms with Gasteiger partial charge in [0.25, 0.3) is 0 Å². The van der Waals surface area contributed by atoms with Crippen LogP contribution in [-0.4, -0.2) is 47.3 Å². The highest BCUT2D eigenvalue weighted by molar-refractivity contribution is 5.80. The first-order valence-electron chi connectivity index (χ1n) is 9.13. The van der Waals surface area contributed by atoms with Gasteiger partial charge in [0.1, 0.15) is 5.82 Å². The molecule has 2 heterocycles. The van der Waals surface area contributed by atoms with Crippen LogP contribution >= 0.6 is 0 Å². The predicted molar refractivity (Wildman–Crippen MR) is 95.2 cm³/mol. The average Bonchev–Trinajstić information content (AvgIpc) is 3.00. The molecule has 0 spiro atoms. The van der Waals surface area contributed by atoms with Crippen molar-refractivity contribution in [2.24, 2.45) is 0 Å². The van der Waals surface area contributed by atoms with Gasteiger partial charge in [-0.05, 0) is 43.4 Å². The van der Waals surface area contributed by atoms with Crippen molar-refractivity contribution in [1.82, 2.24) is 9.80 Å². The fourth-order valence-electron chi connectivity index (χ4n) is 3.69.